The van der Waals surface area contributed by atoms with Crippen molar-refractivity contribution in [2.75, 3.05) is 10.7 Å². The van der Waals surface area contributed by atoms with Crippen molar-refractivity contribution in [3.05, 3.63) is 65.4 Å². The molecule has 0 saturated heterocycles. The molecule has 1 aromatic heterocycles. The van der Waals surface area contributed by atoms with Crippen LogP contribution in [0.15, 0.2) is 59.8 Å². The summed E-state index contributed by atoms with van der Waals surface area (Å²) in [6.07, 6.45) is 0. The van der Waals surface area contributed by atoms with Crippen LogP contribution in [0.4, 0.5) is 5.69 Å². The Balaban J connectivity index is 1.67. The van der Waals surface area contributed by atoms with E-state index in [0.29, 0.717) is 11.4 Å². The van der Waals surface area contributed by atoms with Gasteiger partial charge in [-0.15, -0.1) is 10.2 Å². The van der Waals surface area contributed by atoms with Crippen LogP contribution < -0.4 is 10.7 Å². The van der Waals surface area contributed by atoms with Crippen molar-refractivity contribution < 1.29 is 5.21 Å². The third-order valence-electron chi connectivity index (χ3n) is 3.53. The first kappa shape index (κ1) is 14.1. The minimum atomic E-state index is -0.167. The van der Waals surface area contributed by atoms with E-state index in [4.69, 9.17) is 5.21 Å². The lowest BCUT2D eigenvalue weighted by atomic mass is 10.2. The van der Waals surface area contributed by atoms with Gasteiger partial charge in [0.05, 0.1) is 5.69 Å². The van der Waals surface area contributed by atoms with Crippen LogP contribution in [-0.4, -0.2) is 20.1 Å². The molecule has 3 aromatic rings. The number of fused-ring (bicyclic) bond motifs is 1. The van der Waals surface area contributed by atoms with E-state index in [1.165, 1.54) is 6.07 Å². The quantitative estimate of drug-likeness (QED) is 0.715. The van der Waals surface area contributed by atoms with Crippen molar-refractivity contribution >= 4 is 17.4 Å². The maximum absolute atomic E-state index is 11.0. The fraction of sp³-hybridized carbons (Fsp3) is 0.0667. The largest absolute Gasteiger partial charge is 0.733 e. The first-order valence-corrected chi connectivity index (χ1v) is 7.80. The molecule has 23 heavy (non-hydrogen) atoms. The maximum atomic E-state index is 11.0. The number of hydrogen-bond donors (Lipinski definition) is 2. The fourth-order valence-electron chi connectivity index (χ4n) is 2.43. The van der Waals surface area contributed by atoms with E-state index < -0.39 is 0 Å². The van der Waals surface area contributed by atoms with E-state index in [-0.39, 0.29) is 16.3 Å². The molecule has 0 fully saturated rings. The molecule has 0 aliphatic carbocycles. The number of rotatable bonds is 3. The van der Waals surface area contributed by atoms with Crippen LogP contribution in [0.3, 0.4) is 0 Å². The van der Waals surface area contributed by atoms with Crippen LogP contribution in [0.1, 0.15) is 10.9 Å². The van der Waals surface area contributed by atoms with Gasteiger partial charge in [-0.25, -0.2) is 4.68 Å². The Labute approximate surface area is 136 Å². The van der Waals surface area contributed by atoms with Crippen molar-refractivity contribution in [3.8, 4) is 11.4 Å². The number of nitrogens with zero attached hydrogens (tertiary/aromatic N) is 4. The van der Waals surface area contributed by atoms with Crippen molar-refractivity contribution in [2.45, 2.75) is 10.5 Å². The molecule has 2 N–H and O–H groups in total. The van der Waals surface area contributed by atoms with Gasteiger partial charge in [0.1, 0.15) is 5.37 Å². The summed E-state index contributed by atoms with van der Waals surface area (Å²) in [6.45, 7) is 0. The number of anilines is 1. The first-order valence-electron chi connectivity index (χ1n) is 6.92. The maximum Gasteiger partial charge on any atom is 0.212 e. The lowest BCUT2D eigenvalue weighted by Gasteiger charge is -2.21. The zero-order valence-corrected chi connectivity index (χ0v) is 12.6. The summed E-state index contributed by atoms with van der Waals surface area (Å²) in [4.78, 5) is 0. The van der Waals surface area contributed by atoms with Gasteiger partial charge in [-0.05, 0) is 17.7 Å². The highest BCUT2D eigenvalue weighted by molar-refractivity contribution is 7.99. The number of benzene rings is 2. The van der Waals surface area contributed by atoms with Gasteiger partial charge in [-0.1, -0.05) is 54.2 Å². The zero-order chi connectivity index (χ0) is 15.8. The van der Waals surface area contributed by atoms with Gasteiger partial charge in [-0.2, -0.15) is 0 Å². The Morgan fingerprint density at radius 3 is 2.74 bits per heavy atom. The minimum absolute atomic E-state index is 0.0532. The Bertz CT molecular complexity index is 837. The molecule has 0 radical (unpaired) electrons. The molecular formula is C15H12N5O2S-. The summed E-state index contributed by atoms with van der Waals surface area (Å²) in [5.74, 6) is 0.592. The second-order valence-corrected chi connectivity index (χ2v) is 6.07. The molecule has 7 nitrogen and oxygen atoms in total. The van der Waals surface area contributed by atoms with Crippen LogP contribution in [0.2, 0.25) is 0 Å². The van der Waals surface area contributed by atoms with Gasteiger partial charge >= 0.3 is 0 Å². The number of hydrogen-bond acceptors (Lipinski definition) is 7. The summed E-state index contributed by atoms with van der Waals surface area (Å²) in [5, 5.41) is 29.1. The third kappa shape index (κ3) is 2.52. The molecule has 0 bridgehead atoms. The predicted octanol–water partition coefficient (Wildman–Crippen LogP) is 2.99. The van der Waals surface area contributed by atoms with Gasteiger partial charge in [-0.3, -0.25) is 5.21 Å². The van der Waals surface area contributed by atoms with Crippen LogP contribution >= 0.6 is 11.8 Å². The lowest BCUT2D eigenvalue weighted by Crippen LogP contribution is -2.14. The van der Waals surface area contributed by atoms with Crippen molar-refractivity contribution in [1.29, 1.82) is 0 Å². The third-order valence-corrected chi connectivity index (χ3v) is 4.62. The summed E-state index contributed by atoms with van der Waals surface area (Å²) >= 11 is 1.57. The first-order chi connectivity index (χ1) is 11.2. The molecular weight excluding hydrogens is 314 g/mol. The van der Waals surface area contributed by atoms with Gasteiger partial charge < -0.3 is 15.9 Å². The molecule has 8 heteroatoms. The molecule has 1 aliphatic rings. The number of aromatic nitrogens is 3. The second kappa shape index (κ2) is 5.58. The monoisotopic (exact) mass is 326 g/mol. The number of thioether (sulfide) groups is 1. The average molecular weight is 326 g/mol. The molecule has 0 spiro atoms. The lowest BCUT2D eigenvalue weighted by molar-refractivity contribution is 0.296. The predicted molar refractivity (Wildman–Crippen MR) is 87.5 cm³/mol. The van der Waals surface area contributed by atoms with Gasteiger partial charge in [0.2, 0.25) is 5.16 Å². The Kier molecular flexibility index (Phi) is 3.41. The average Bonchev–Trinajstić information content (AvgIpc) is 3.16. The Morgan fingerprint density at radius 2 is 1.96 bits per heavy atom. The van der Waals surface area contributed by atoms with Crippen LogP contribution in [0.5, 0.6) is 0 Å². The van der Waals surface area contributed by atoms with Gasteiger partial charge in [0, 0.05) is 5.56 Å². The second-order valence-electron chi connectivity index (χ2n) is 5.00. The molecule has 4 rings (SSSR count). The molecule has 0 unspecified atom stereocenters. The van der Waals surface area contributed by atoms with Gasteiger partial charge in [0.15, 0.2) is 5.82 Å². The van der Waals surface area contributed by atoms with Crippen LogP contribution in [0, 0.1) is 5.21 Å². The van der Waals surface area contributed by atoms with E-state index in [1.807, 2.05) is 36.4 Å². The van der Waals surface area contributed by atoms with Crippen LogP contribution in [0.25, 0.3) is 11.4 Å². The van der Waals surface area contributed by atoms with Crippen molar-refractivity contribution in [1.82, 2.24) is 14.9 Å². The highest BCUT2D eigenvalue weighted by Gasteiger charge is 2.27. The van der Waals surface area contributed by atoms with E-state index in [0.717, 1.165) is 10.7 Å². The number of nitrogens with one attached hydrogen (secondary N) is 1. The van der Waals surface area contributed by atoms with E-state index in [2.05, 4.69) is 15.6 Å². The SMILES string of the molecule is [O-]N(O)c1cccc(-c2nnc3n2N[C@H](c2ccccc2)S3)c1. The topological polar surface area (TPSA) is 89.3 Å². The molecule has 1 atom stereocenters. The summed E-state index contributed by atoms with van der Waals surface area (Å²) in [6, 6.07) is 16.6. The van der Waals surface area contributed by atoms with E-state index >= 15 is 0 Å². The normalized spacial score (nSPS) is 16.0. The summed E-state index contributed by atoms with van der Waals surface area (Å²) in [7, 11) is 0. The van der Waals surface area contributed by atoms with E-state index in [1.54, 1.807) is 28.6 Å². The molecule has 0 amide bonds. The minimum Gasteiger partial charge on any atom is -0.733 e. The molecule has 1 aliphatic heterocycles. The van der Waals surface area contributed by atoms with E-state index in [9.17, 15) is 5.21 Å². The molecule has 2 heterocycles. The van der Waals surface area contributed by atoms with Gasteiger partial charge in [0.25, 0.3) is 0 Å². The molecule has 116 valence electrons. The molecule has 0 saturated carbocycles. The molecule has 2 aromatic carbocycles. The Hall–Kier alpha value is -2.55. The zero-order valence-electron chi connectivity index (χ0n) is 11.8. The van der Waals surface area contributed by atoms with Crippen molar-refractivity contribution in [3.63, 3.8) is 0 Å². The summed E-state index contributed by atoms with van der Waals surface area (Å²) in [5.41, 5.74) is 5.33. The summed E-state index contributed by atoms with van der Waals surface area (Å²) < 4.78 is 1.80. The standard InChI is InChI=1S/C15H12N5O2S/c21-20(22)12-8-4-7-11(9-12)13-16-17-15-19(13)18-14(23-15)10-5-2-1-3-6-10/h1-9,14,18,21H/q-1/t14-/m0/s1. The Morgan fingerprint density at radius 1 is 1.13 bits per heavy atom. The van der Waals surface area contributed by atoms with Crippen LogP contribution in [-0.2, 0) is 0 Å². The smallest absolute Gasteiger partial charge is 0.212 e. The highest BCUT2D eigenvalue weighted by Crippen LogP contribution is 2.40. The van der Waals surface area contributed by atoms with Crippen molar-refractivity contribution in [2.24, 2.45) is 0 Å². The highest BCUT2D eigenvalue weighted by atomic mass is 32.2. The fourth-order valence-corrected chi connectivity index (χ4v) is 3.43.